The van der Waals surface area contributed by atoms with Gasteiger partial charge in [-0.3, -0.25) is 0 Å². The molecule has 2 aliphatic rings. The first-order chi connectivity index (χ1) is 9.67. The average Bonchev–Trinajstić information content (AvgIpc) is 2.44. The minimum absolute atomic E-state index is 0.0909. The zero-order valence-corrected chi connectivity index (χ0v) is 12.9. The fraction of sp³-hybridized carbons (Fsp3) is 0.647. The summed E-state index contributed by atoms with van der Waals surface area (Å²) in [5.74, 6) is 0.926. The van der Waals surface area contributed by atoms with E-state index in [2.05, 4.69) is 6.92 Å². The predicted octanol–water partition coefficient (Wildman–Crippen LogP) is 4.91. The lowest BCUT2D eigenvalue weighted by atomic mass is 9.79. The van der Waals surface area contributed by atoms with E-state index in [-0.39, 0.29) is 11.7 Å². The van der Waals surface area contributed by atoms with Crippen LogP contribution < -0.4 is 4.74 Å². The molecule has 1 saturated carbocycles. The van der Waals surface area contributed by atoms with Gasteiger partial charge in [-0.1, -0.05) is 36.9 Å². The summed E-state index contributed by atoms with van der Waals surface area (Å²) in [6, 6.07) is 5.86. The summed E-state index contributed by atoms with van der Waals surface area (Å²) in [5, 5.41) is 0.741. The van der Waals surface area contributed by atoms with Gasteiger partial charge in [0.15, 0.2) is 0 Å². The van der Waals surface area contributed by atoms with Crippen molar-refractivity contribution in [2.24, 2.45) is 0 Å². The van der Waals surface area contributed by atoms with E-state index in [0.717, 1.165) is 35.8 Å². The zero-order valence-electron chi connectivity index (χ0n) is 12.2. The summed E-state index contributed by atoms with van der Waals surface area (Å²) < 4.78 is 12.4. The number of rotatable bonds is 2. The summed E-state index contributed by atoms with van der Waals surface area (Å²) in [7, 11) is 0. The van der Waals surface area contributed by atoms with Crippen LogP contribution in [0.1, 0.15) is 50.5 Å². The van der Waals surface area contributed by atoms with Crippen molar-refractivity contribution in [2.45, 2.75) is 63.6 Å². The lowest BCUT2D eigenvalue weighted by Crippen LogP contribution is -2.45. The minimum Gasteiger partial charge on any atom is -0.490 e. The van der Waals surface area contributed by atoms with Crippen molar-refractivity contribution >= 4 is 11.6 Å². The van der Waals surface area contributed by atoms with Crippen LogP contribution in [-0.2, 0) is 4.74 Å². The quantitative estimate of drug-likeness (QED) is 0.771. The molecule has 2 fully saturated rings. The second-order valence-electron chi connectivity index (χ2n) is 6.23. The lowest BCUT2D eigenvalue weighted by Gasteiger charge is -2.43. The molecule has 1 aliphatic carbocycles. The molecule has 110 valence electrons. The number of hydrogen-bond acceptors (Lipinski definition) is 2. The molecule has 1 aromatic carbocycles. The van der Waals surface area contributed by atoms with Crippen LogP contribution in [0, 0.1) is 6.92 Å². The Hall–Kier alpha value is -0.730. The summed E-state index contributed by atoms with van der Waals surface area (Å²) in [6.07, 6.45) is 8.60. The summed E-state index contributed by atoms with van der Waals surface area (Å²) in [6.45, 7) is 2.89. The Kier molecular flexibility index (Phi) is 4.23. The molecule has 1 saturated heterocycles. The Morgan fingerprint density at radius 1 is 1.25 bits per heavy atom. The molecular weight excluding hydrogens is 272 g/mol. The van der Waals surface area contributed by atoms with Crippen molar-refractivity contribution in [3.8, 4) is 5.75 Å². The van der Waals surface area contributed by atoms with Crippen molar-refractivity contribution in [1.82, 2.24) is 0 Å². The van der Waals surface area contributed by atoms with Gasteiger partial charge in [0.2, 0.25) is 0 Å². The molecule has 2 nitrogen and oxygen atoms in total. The number of ether oxygens (including phenoxy) is 2. The Balaban J connectivity index is 1.69. The van der Waals surface area contributed by atoms with Gasteiger partial charge in [-0.05, 0) is 37.5 Å². The fourth-order valence-corrected chi connectivity index (χ4v) is 3.67. The normalized spacial score (nSPS) is 25.6. The van der Waals surface area contributed by atoms with Crippen LogP contribution in [0.5, 0.6) is 5.75 Å². The third kappa shape index (κ3) is 3.12. The molecule has 0 N–H and O–H groups in total. The molecular formula is C17H23ClO2. The molecule has 3 heteroatoms. The van der Waals surface area contributed by atoms with Crippen LogP contribution in [0.15, 0.2) is 18.2 Å². The molecule has 0 amide bonds. The highest BCUT2D eigenvalue weighted by atomic mass is 35.5. The molecule has 0 aromatic heterocycles. The van der Waals surface area contributed by atoms with Crippen molar-refractivity contribution in [3.05, 3.63) is 28.8 Å². The maximum absolute atomic E-state index is 6.23. The van der Waals surface area contributed by atoms with Crippen LogP contribution in [-0.4, -0.2) is 18.3 Å². The van der Waals surface area contributed by atoms with Crippen molar-refractivity contribution < 1.29 is 9.47 Å². The molecule has 1 unspecified atom stereocenters. The number of halogens is 1. The van der Waals surface area contributed by atoms with Crippen molar-refractivity contribution in [2.75, 3.05) is 6.61 Å². The van der Waals surface area contributed by atoms with Gasteiger partial charge in [0, 0.05) is 17.9 Å². The number of hydrogen-bond donors (Lipinski definition) is 0. The fourth-order valence-electron chi connectivity index (χ4n) is 3.51. The molecule has 20 heavy (non-hydrogen) atoms. The molecule has 1 spiro atoms. The van der Waals surface area contributed by atoms with Gasteiger partial charge >= 0.3 is 0 Å². The van der Waals surface area contributed by atoms with E-state index in [1.807, 2.05) is 18.2 Å². The molecule has 1 aliphatic heterocycles. The van der Waals surface area contributed by atoms with E-state index >= 15 is 0 Å². The summed E-state index contributed by atoms with van der Waals surface area (Å²) >= 11 is 6.07. The predicted molar refractivity (Wildman–Crippen MR) is 81.6 cm³/mol. The SMILES string of the molecule is Cc1ccc(Cl)cc1OC1CCOC2(CCCCC2)C1. The third-order valence-corrected chi connectivity index (χ3v) is 4.89. The summed E-state index contributed by atoms with van der Waals surface area (Å²) in [5.41, 5.74) is 1.24. The van der Waals surface area contributed by atoms with E-state index < -0.39 is 0 Å². The van der Waals surface area contributed by atoms with Crippen LogP contribution in [0.4, 0.5) is 0 Å². The molecule has 1 aromatic rings. The maximum atomic E-state index is 6.23. The zero-order chi connectivity index (χ0) is 14.0. The topological polar surface area (TPSA) is 18.5 Å². The highest BCUT2D eigenvalue weighted by Gasteiger charge is 2.39. The molecule has 3 rings (SSSR count). The first-order valence-corrected chi connectivity index (χ1v) is 8.11. The minimum atomic E-state index is 0.0909. The van der Waals surface area contributed by atoms with Gasteiger partial charge in [0.1, 0.15) is 11.9 Å². The van der Waals surface area contributed by atoms with Crippen molar-refractivity contribution in [3.63, 3.8) is 0 Å². The van der Waals surface area contributed by atoms with Crippen LogP contribution in [0.3, 0.4) is 0 Å². The molecule has 1 heterocycles. The van der Waals surface area contributed by atoms with Crippen molar-refractivity contribution in [1.29, 1.82) is 0 Å². The number of aryl methyl sites for hydroxylation is 1. The van der Waals surface area contributed by atoms with Crippen LogP contribution in [0.25, 0.3) is 0 Å². The van der Waals surface area contributed by atoms with Gasteiger partial charge in [0.05, 0.1) is 12.2 Å². The second-order valence-corrected chi connectivity index (χ2v) is 6.67. The van der Waals surface area contributed by atoms with E-state index in [1.54, 1.807) is 0 Å². The smallest absolute Gasteiger partial charge is 0.124 e. The third-order valence-electron chi connectivity index (χ3n) is 4.66. The van der Waals surface area contributed by atoms with Gasteiger partial charge < -0.3 is 9.47 Å². The first kappa shape index (κ1) is 14.2. The monoisotopic (exact) mass is 294 g/mol. The summed E-state index contributed by atoms with van der Waals surface area (Å²) in [4.78, 5) is 0. The molecule has 0 radical (unpaired) electrons. The standard InChI is InChI=1S/C17H23ClO2/c1-13-5-6-14(18)11-16(13)20-15-7-10-19-17(12-15)8-3-2-4-9-17/h5-6,11,15H,2-4,7-10,12H2,1H3. The number of benzene rings is 1. The molecule has 0 bridgehead atoms. The van der Waals surface area contributed by atoms with Gasteiger partial charge in [-0.25, -0.2) is 0 Å². The highest BCUT2D eigenvalue weighted by molar-refractivity contribution is 6.30. The van der Waals surface area contributed by atoms with Gasteiger partial charge in [-0.15, -0.1) is 0 Å². The second kappa shape index (κ2) is 5.95. The highest BCUT2D eigenvalue weighted by Crippen LogP contribution is 2.40. The van der Waals surface area contributed by atoms with E-state index in [4.69, 9.17) is 21.1 Å². The van der Waals surface area contributed by atoms with E-state index in [0.29, 0.717) is 0 Å². The van der Waals surface area contributed by atoms with Crippen LogP contribution >= 0.6 is 11.6 Å². The Morgan fingerprint density at radius 2 is 2.05 bits per heavy atom. The maximum Gasteiger partial charge on any atom is 0.124 e. The van der Waals surface area contributed by atoms with Crippen LogP contribution in [0.2, 0.25) is 5.02 Å². The lowest BCUT2D eigenvalue weighted by molar-refractivity contribution is -0.129. The first-order valence-electron chi connectivity index (χ1n) is 7.74. The Labute approximate surface area is 126 Å². The van der Waals surface area contributed by atoms with Gasteiger partial charge in [0.25, 0.3) is 0 Å². The van der Waals surface area contributed by atoms with E-state index in [1.165, 1.54) is 32.1 Å². The molecule has 1 atom stereocenters. The average molecular weight is 295 g/mol. The van der Waals surface area contributed by atoms with E-state index in [9.17, 15) is 0 Å². The Morgan fingerprint density at radius 3 is 2.85 bits per heavy atom. The Bertz CT molecular complexity index is 461. The van der Waals surface area contributed by atoms with Gasteiger partial charge in [-0.2, -0.15) is 0 Å². The largest absolute Gasteiger partial charge is 0.490 e.